The molecule has 1 amide bonds. The highest BCUT2D eigenvalue weighted by Crippen LogP contribution is 2.41. The van der Waals surface area contributed by atoms with E-state index in [4.69, 9.17) is 0 Å². The topological polar surface area (TPSA) is 66.4 Å². The highest BCUT2D eigenvalue weighted by atomic mass is 16.4. The minimum absolute atomic E-state index is 0.116. The predicted molar refractivity (Wildman–Crippen MR) is 70.2 cm³/mol. The number of amides is 1. The molecule has 1 saturated carbocycles. The molecule has 0 aliphatic heterocycles. The van der Waals surface area contributed by atoms with E-state index in [-0.39, 0.29) is 18.4 Å². The van der Waals surface area contributed by atoms with Gasteiger partial charge in [0.05, 0.1) is 5.41 Å². The summed E-state index contributed by atoms with van der Waals surface area (Å²) < 4.78 is 0. The van der Waals surface area contributed by atoms with E-state index >= 15 is 0 Å². The van der Waals surface area contributed by atoms with Gasteiger partial charge in [-0.15, -0.1) is 0 Å². The molecule has 0 radical (unpaired) electrons. The second-order valence-electron chi connectivity index (χ2n) is 6.07. The van der Waals surface area contributed by atoms with Crippen LogP contribution in [-0.2, 0) is 9.59 Å². The molecule has 4 nitrogen and oxygen atoms in total. The molecule has 0 heterocycles. The Morgan fingerprint density at radius 2 is 1.78 bits per heavy atom. The van der Waals surface area contributed by atoms with Crippen molar-refractivity contribution in [3.63, 3.8) is 0 Å². The first-order valence-corrected chi connectivity index (χ1v) is 6.88. The van der Waals surface area contributed by atoms with E-state index in [0.29, 0.717) is 18.8 Å². The van der Waals surface area contributed by atoms with Gasteiger partial charge in [0.1, 0.15) is 0 Å². The standard InChI is InChI=1S/C14H25NO3/c1-10(2)8-11(3)15-12(16)9-14(13(17)18)6-4-5-7-14/h10-11H,4-9H2,1-3H3,(H,15,16)(H,17,18). The van der Waals surface area contributed by atoms with Crippen molar-refractivity contribution in [3.8, 4) is 0 Å². The zero-order valence-corrected chi connectivity index (χ0v) is 11.7. The number of aliphatic carboxylic acids is 1. The average Bonchev–Trinajstić information content (AvgIpc) is 2.65. The van der Waals surface area contributed by atoms with Crippen molar-refractivity contribution in [1.29, 1.82) is 0 Å². The largest absolute Gasteiger partial charge is 0.481 e. The first-order valence-electron chi connectivity index (χ1n) is 6.88. The molecule has 0 aromatic carbocycles. The van der Waals surface area contributed by atoms with Crippen molar-refractivity contribution in [2.45, 2.75) is 65.3 Å². The maximum absolute atomic E-state index is 11.9. The lowest BCUT2D eigenvalue weighted by atomic mass is 9.82. The van der Waals surface area contributed by atoms with Crippen molar-refractivity contribution in [1.82, 2.24) is 5.32 Å². The smallest absolute Gasteiger partial charge is 0.310 e. The number of rotatable bonds is 6. The lowest BCUT2D eigenvalue weighted by Crippen LogP contribution is -2.39. The molecule has 1 rings (SSSR count). The molecule has 2 N–H and O–H groups in total. The van der Waals surface area contributed by atoms with Crippen molar-refractivity contribution in [2.24, 2.45) is 11.3 Å². The number of nitrogens with one attached hydrogen (secondary N) is 1. The molecule has 18 heavy (non-hydrogen) atoms. The number of carboxylic acids is 1. The lowest BCUT2D eigenvalue weighted by molar-refractivity contribution is -0.151. The Hall–Kier alpha value is -1.06. The number of hydrogen-bond donors (Lipinski definition) is 2. The molecule has 0 bridgehead atoms. The number of carbonyl (C=O) groups is 2. The first-order chi connectivity index (χ1) is 8.35. The fourth-order valence-corrected chi connectivity index (χ4v) is 2.92. The van der Waals surface area contributed by atoms with Crippen LogP contribution in [0.15, 0.2) is 0 Å². The SMILES string of the molecule is CC(C)CC(C)NC(=O)CC1(C(=O)O)CCCC1. The van der Waals surface area contributed by atoms with Crippen LogP contribution in [0, 0.1) is 11.3 Å². The molecule has 0 saturated heterocycles. The van der Waals surface area contributed by atoms with Crippen LogP contribution in [0.1, 0.15) is 59.3 Å². The Balaban J connectivity index is 2.50. The zero-order chi connectivity index (χ0) is 13.8. The monoisotopic (exact) mass is 255 g/mol. The summed E-state index contributed by atoms with van der Waals surface area (Å²) in [7, 11) is 0. The molecule has 1 atom stereocenters. The van der Waals surface area contributed by atoms with Crippen LogP contribution >= 0.6 is 0 Å². The van der Waals surface area contributed by atoms with Gasteiger partial charge < -0.3 is 10.4 Å². The zero-order valence-electron chi connectivity index (χ0n) is 11.7. The fraction of sp³-hybridized carbons (Fsp3) is 0.857. The fourth-order valence-electron chi connectivity index (χ4n) is 2.92. The van der Waals surface area contributed by atoms with Gasteiger partial charge in [0, 0.05) is 12.5 Å². The van der Waals surface area contributed by atoms with Crippen LogP contribution in [0.25, 0.3) is 0 Å². The Morgan fingerprint density at radius 3 is 2.22 bits per heavy atom. The first kappa shape index (κ1) is 15.0. The van der Waals surface area contributed by atoms with Crippen molar-refractivity contribution < 1.29 is 14.7 Å². The van der Waals surface area contributed by atoms with Crippen LogP contribution in [-0.4, -0.2) is 23.0 Å². The summed E-state index contributed by atoms with van der Waals surface area (Å²) in [4.78, 5) is 23.3. The number of carbonyl (C=O) groups excluding carboxylic acids is 1. The van der Waals surface area contributed by atoms with Gasteiger partial charge >= 0.3 is 5.97 Å². The normalized spacial score (nSPS) is 19.8. The highest BCUT2D eigenvalue weighted by molar-refractivity contribution is 5.85. The number of hydrogen-bond acceptors (Lipinski definition) is 2. The van der Waals surface area contributed by atoms with E-state index in [0.717, 1.165) is 19.3 Å². The summed E-state index contributed by atoms with van der Waals surface area (Å²) in [6.45, 7) is 6.19. The molecule has 4 heteroatoms. The van der Waals surface area contributed by atoms with Gasteiger partial charge in [-0.3, -0.25) is 9.59 Å². The van der Waals surface area contributed by atoms with Crippen molar-refractivity contribution in [3.05, 3.63) is 0 Å². The third-order valence-electron chi connectivity index (χ3n) is 3.75. The summed E-state index contributed by atoms with van der Waals surface area (Å²) in [5, 5.41) is 12.2. The van der Waals surface area contributed by atoms with Gasteiger partial charge in [-0.2, -0.15) is 0 Å². The molecule has 1 aliphatic carbocycles. The lowest BCUT2D eigenvalue weighted by Gasteiger charge is -2.24. The molecular weight excluding hydrogens is 230 g/mol. The van der Waals surface area contributed by atoms with Crippen LogP contribution in [0.2, 0.25) is 0 Å². The predicted octanol–water partition coefficient (Wildman–Crippen LogP) is 2.57. The molecule has 1 fully saturated rings. The second-order valence-corrected chi connectivity index (χ2v) is 6.07. The van der Waals surface area contributed by atoms with Crippen molar-refractivity contribution in [2.75, 3.05) is 0 Å². The summed E-state index contributed by atoms with van der Waals surface area (Å²) in [6, 6.07) is 0.116. The minimum atomic E-state index is -0.813. The minimum Gasteiger partial charge on any atom is -0.481 e. The van der Waals surface area contributed by atoms with Gasteiger partial charge in [-0.1, -0.05) is 26.7 Å². The van der Waals surface area contributed by atoms with E-state index in [2.05, 4.69) is 19.2 Å². The summed E-state index contributed by atoms with van der Waals surface area (Å²) in [5.74, 6) is -0.403. The molecule has 1 aliphatic rings. The van der Waals surface area contributed by atoms with Gasteiger partial charge in [0.25, 0.3) is 0 Å². The van der Waals surface area contributed by atoms with Gasteiger partial charge in [-0.25, -0.2) is 0 Å². The van der Waals surface area contributed by atoms with Crippen LogP contribution in [0.5, 0.6) is 0 Å². The van der Waals surface area contributed by atoms with Crippen molar-refractivity contribution >= 4 is 11.9 Å². The van der Waals surface area contributed by atoms with Gasteiger partial charge in [0.15, 0.2) is 0 Å². The third kappa shape index (κ3) is 4.00. The summed E-state index contributed by atoms with van der Waals surface area (Å²) in [6.07, 6.45) is 4.15. The van der Waals surface area contributed by atoms with E-state index in [1.54, 1.807) is 0 Å². The molecule has 1 unspecified atom stereocenters. The Bertz CT molecular complexity index is 306. The maximum atomic E-state index is 11.9. The summed E-state index contributed by atoms with van der Waals surface area (Å²) in [5.41, 5.74) is -0.804. The maximum Gasteiger partial charge on any atom is 0.310 e. The van der Waals surface area contributed by atoms with E-state index in [9.17, 15) is 14.7 Å². The van der Waals surface area contributed by atoms with E-state index in [1.165, 1.54) is 0 Å². The molecular formula is C14H25NO3. The summed E-state index contributed by atoms with van der Waals surface area (Å²) >= 11 is 0. The van der Waals surface area contributed by atoms with E-state index in [1.807, 2.05) is 6.92 Å². The highest BCUT2D eigenvalue weighted by Gasteiger charge is 2.43. The Morgan fingerprint density at radius 1 is 1.22 bits per heavy atom. The van der Waals surface area contributed by atoms with Crippen LogP contribution in [0.3, 0.4) is 0 Å². The Labute approximate surface area is 109 Å². The average molecular weight is 255 g/mol. The quantitative estimate of drug-likeness (QED) is 0.766. The molecule has 0 aromatic rings. The number of carboxylic acid groups (broad SMARTS) is 1. The molecule has 0 spiro atoms. The molecule has 0 aromatic heterocycles. The second kappa shape index (κ2) is 6.21. The Kier molecular flexibility index (Phi) is 5.17. The van der Waals surface area contributed by atoms with Crippen LogP contribution < -0.4 is 5.32 Å². The van der Waals surface area contributed by atoms with E-state index < -0.39 is 11.4 Å². The third-order valence-corrected chi connectivity index (χ3v) is 3.75. The van der Waals surface area contributed by atoms with Gasteiger partial charge in [-0.05, 0) is 32.1 Å². The van der Waals surface area contributed by atoms with Crippen LogP contribution in [0.4, 0.5) is 0 Å². The molecule has 104 valence electrons. The van der Waals surface area contributed by atoms with Gasteiger partial charge in [0.2, 0.25) is 5.91 Å².